The zero-order valence-corrected chi connectivity index (χ0v) is 22.7. The molecule has 6 N–H and O–H groups in total. The van der Waals surface area contributed by atoms with Crippen LogP contribution in [0.1, 0.15) is 11.3 Å². The van der Waals surface area contributed by atoms with Gasteiger partial charge in [0.1, 0.15) is 48.6 Å². The molecule has 4 aromatic rings. The van der Waals surface area contributed by atoms with E-state index in [9.17, 15) is 29.9 Å². The van der Waals surface area contributed by atoms with E-state index < -0.39 is 44.1 Å². The first-order valence-electron chi connectivity index (χ1n) is 12.7. The molecule has 0 bridgehead atoms. The Kier molecular flexibility index (Phi) is 8.30. The van der Waals surface area contributed by atoms with Crippen LogP contribution in [0.15, 0.2) is 73.1 Å². The Hall–Kier alpha value is -4.64. The van der Waals surface area contributed by atoms with E-state index in [0.29, 0.717) is 5.52 Å². The van der Waals surface area contributed by atoms with Crippen LogP contribution in [-0.2, 0) is 26.1 Å². The first kappa shape index (κ1) is 28.9. The molecule has 2 aromatic carbocycles. The number of aliphatic carboxylic acids is 1. The summed E-state index contributed by atoms with van der Waals surface area (Å²) in [5.74, 6) is -0.659. The molecule has 0 spiro atoms. The van der Waals surface area contributed by atoms with Gasteiger partial charge in [-0.15, -0.1) is 0 Å². The topological polar surface area (TPSA) is 215 Å². The quantitative estimate of drug-likeness (QED) is 0.156. The molecule has 1 aliphatic rings. The summed E-state index contributed by atoms with van der Waals surface area (Å²) < 4.78 is 30.9. The number of nitriles is 1. The number of hydrogen-bond acceptors (Lipinski definition) is 11. The van der Waals surface area contributed by atoms with Gasteiger partial charge < -0.3 is 30.5 Å². The van der Waals surface area contributed by atoms with E-state index in [-0.39, 0.29) is 36.0 Å². The minimum atomic E-state index is -2.61. The molecular weight excluding hydrogens is 567 g/mol. The van der Waals surface area contributed by atoms with E-state index in [0.717, 1.165) is 5.56 Å². The number of rotatable bonds is 11. The maximum Gasteiger partial charge on any atom is 0.664 e. The molecule has 6 atom stereocenters. The first-order valence-corrected chi connectivity index (χ1v) is 13.8. The van der Waals surface area contributed by atoms with Crippen molar-refractivity contribution in [1.82, 2.24) is 19.7 Å². The number of carbonyl (C=O) groups is 1. The van der Waals surface area contributed by atoms with Gasteiger partial charge in [0.15, 0.2) is 17.6 Å². The van der Waals surface area contributed by atoms with Gasteiger partial charge in [-0.1, -0.05) is 41.5 Å². The Bertz CT molecular complexity index is 1650. The van der Waals surface area contributed by atoms with Gasteiger partial charge in [-0.3, -0.25) is 4.79 Å². The number of hydrogen-bond donors (Lipinski definition) is 5. The molecule has 15 heteroatoms. The van der Waals surface area contributed by atoms with Crippen LogP contribution in [0.5, 0.6) is 11.5 Å². The van der Waals surface area contributed by atoms with Gasteiger partial charge in [0.25, 0.3) is 0 Å². The maximum absolute atomic E-state index is 12.6. The minimum absolute atomic E-state index is 0.100. The fraction of sp³-hybridized carbons (Fsp3) is 0.259. The molecule has 2 aromatic heterocycles. The number of carboxylic acid groups (broad SMARTS) is 1. The number of carboxylic acids is 1. The first-order chi connectivity index (χ1) is 20.2. The van der Waals surface area contributed by atoms with Gasteiger partial charge in [0, 0.05) is 17.1 Å². The highest BCUT2D eigenvalue weighted by atomic mass is 31.1. The molecule has 3 heterocycles. The highest BCUT2D eigenvalue weighted by Gasteiger charge is 2.57. The second kappa shape index (κ2) is 12.1. The smallest absolute Gasteiger partial charge is 0.491 e. The van der Waals surface area contributed by atoms with Crippen LogP contribution < -0.4 is 20.1 Å². The number of aliphatic hydroxyl groups is 2. The standard InChI is InChI=1S/C27H25N6O8P/c28-14-27(22-10-9-20-25(29)30-15-31-33(20)22)24(35)23(34)21(40-27)13-39-17-7-4-8-18(12-17)41-42(38)32-19(26(36)37)11-16-5-2-1-3-6-16/h1-10,12,15,19,21,23-24,34-35H,11,13H2,(H3-,29,30,31,32,36,37,38)/p+1/t19?,21-,23-,24-,27+/m1/s1. The third-order valence-electron chi connectivity index (χ3n) is 6.74. The molecule has 5 rings (SSSR count). The summed E-state index contributed by atoms with van der Waals surface area (Å²) in [5.41, 5.74) is 5.20. The van der Waals surface area contributed by atoms with Gasteiger partial charge in [-0.2, -0.15) is 10.4 Å². The molecule has 1 fully saturated rings. The third-order valence-corrected chi connectivity index (χ3v) is 7.64. The number of anilines is 1. The molecule has 1 aliphatic heterocycles. The lowest BCUT2D eigenvalue weighted by molar-refractivity contribution is -0.138. The molecular formula is C27H26N6O8P+. The van der Waals surface area contributed by atoms with E-state index >= 15 is 0 Å². The maximum atomic E-state index is 12.6. The van der Waals surface area contributed by atoms with E-state index in [1.54, 1.807) is 42.5 Å². The normalized spacial score (nSPS) is 22.8. The zero-order valence-electron chi connectivity index (χ0n) is 21.8. The summed E-state index contributed by atoms with van der Waals surface area (Å²) in [7, 11) is -2.61. The van der Waals surface area contributed by atoms with E-state index in [4.69, 9.17) is 19.7 Å². The Morgan fingerprint density at radius 2 is 1.95 bits per heavy atom. The van der Waals surface area contributed by atoms with Crippen molar-refractivity contribution in [1.29, 1.82) is 5.26 Å². The van der Waals surface area contributed by atoms with Crippen LogP contribution in [0.2, 0.25) is 0 Å². The molecule has 216 valence electrons. The van der Waals surface area contributed by atoms with Crippen LogP contribution in [0, 0.1) is 11.3 Å². The molecule has 2 unspecified atom stereocenters. The summed E-state index contributed by atoms with van der Waals surface area (Å²) in [6.45, 7) is -0.270. The van der Waals surface area contributed by atoms with Crippen molar-refractivity contribution in [3.63, 3.8) is 0 Å². The SMILES string of the molecule is N#C[C@@]1(c2ccc3c(N)ncnn23)O[C@H](COc2cccc(O[P+](=O)NC(Cc3ccccc3)C(=O)O)c2)[C@@H](O)[C@H]1O. The average Bonchev–Trinajstić information content (AvgIpc) is 3.53. The number of nitrogens with one attached hydrogen (secondary N) is 1. The summed E-state index contributed by atoms with van der Waals surface area (Å²) in [6, 6.07) is 18.8. The van der Waals surface area contributed by atoms with E-state index in [1.807, 2.05) is 12.1 Å². The minimum Gasteiger partial charge on any atom is -0.491 e. The lowest BCUT2D eigenvalue weighted by Gasteiger charge is -2.24. The van der Waals surface area contributed by atoms with E-state index in [1.165, 1.54) is 29.0 Å². The number of aliphatic hydroxyl groups excluding tert-OH is 2. The Labute approximate surface area is 239 Å². The fourth-order valence-electron chi connectivity index (χ4n) is 4.64. The second-order valence-corrected chi connectivity index (χ2v) is 10.4. The molecule has 0 amide bonds. The second-order valence-electron chi connectivity index (χ2n) is 9.44. The van der Waals surface area contributed by atoms with Crippen LogP contribution in [0.3, 0.4) is 0 Å². The number of ether oxygens (including phenoxy) is 2. The van der Waals surface area contributed by atoms with Gasteiger partial charge in [0.05, 0.1) is 5.69 Å². The molecule has 0 radical (unpaired) electrons. The van der Waals surface area contributed by atoms with Crippen molar-refractivity contribution >= 4 is 25.5 Å². The molecule has 14 nitrogen and oxygen atoms in total. The van der Waals surface area contributed by atoms with Crippen molar-refractivity contribution in [2.45, 2.75) is 36.4 Å². The van der Waals surface area contributed by atoms with Crippen molar-refractivity contribution in [2.24, 2.45) is 0 Å². The van der Waals surface area contributed by atoms with E-state index in [2.05, 4.69) is 15.2 Å². The number of aromatic nitrogens is 3. The van der Waals surface area contributed by atoms with Crippen molar-refractivity contribution in [2.75, 3.05) is 12.3 Å². The van der Waals surface area contributed by atoms with Gasteiger partial charge in [-0.05, 0) is 29.8 Å². The molecule has 1 saturated heterocycles. The zero-order chi connectivity index (χ0) is 29.9. The largest absolute Gasteiger partial charge is 0.664 e. The highest BCUT2D eigenvalue weighted by molar-refractivity contribution is 7.37. The van der Waals surface area contributed by atoms with Crippen LogP contribution in [-0.4, -0.2) is 66.8 Å². The Morgan fingerprint density at radius 3 is 2.69 bits per heavy atom. The third kappa shape index (κ3) is 5.73. The van der Waals surface area contributed by atoms with Crippen molar-refractivity contribution in [3.05, 3.63) is 84.3 Å². The summed E-state index contributed by atoms with van der Waals surface area (Å²) in [4.78, 5) is 15.6. The monoisotopic (exact) mass is 593 g/mol. The molecule has 0 saturated carbocycles. The van der Waals surface area contributed by atoms with Gasteiger partial charge >= 0.3 is 14.1 Å². The lowest BCUT2D eigenvalue weighted by atomic mass is 9.92. The number of benzene rings is 2. The average molecular weight is 594 g/mol. The number of nitrogen functional groups attached to an aromatic ring is 1. The van der Waals surface area contributed by atoms with Gasteiger partial charge in [0.2, 0.25) is 5.60 Å². The van der Waals surface area contributed by atoms with Crippen LogP contribution >= 0.6 is 8.18 Å². The fourth-order valence-corrected chi connectivity index (χ4v) is 5.45. The predicted octanol–water partition coefficient (Wildman–Crippen LogP) is 1.55. The van der Waals surface area contributed by atoms with Crippen LogP contribution in [0.4, 0.5) is 5.82 Å². The number of fused-ring (bicyclic) bond motifs is 1. The Morgan fingerprint density at radius 1 is 1.19 bits per heavy atom. The number of nitrogens with zero attached hydrogens (tertiary/aromatic N) is 4. The van der Waals surface area contributed by atoms with Crippen molar-refractivity contribution < 1.29 is 38.7 Å². The summed E-state index contributed by atoms with van der Waals surface area (Å²) in [6.07, 6.45) is -2.97. The van der Waals surface area contributed by atoms with Crippen LogP contribution in [0.25, 0.3) is 5.52 Å². The molecule has 42 heavy (non-hydrogen) atoms. The summed E-state index contributed by atoms with van der Waals surface area (Å²) in [5, 5.41) is 47.8. The van der Waals surface area contributed by atoms with Gasteiger partial charge in [-0.25, -0.2) is 14.0 Å². The lowest BCUT2D eigenvalue weighted by Crippen LogP contribution is -2.41. The summed E-state index contributed by atoms with van der Waals surface area (Å²) >= 11 is 0. The Balaban J connectivity index is 1.23. The van der Waals surface area contributed by atoms with Crippen molar-refractivity contribution in [3.8, 4) is 17.6 Å². The predicted molar refractivity (Wildman–Crippen MR) is 146 cm³/mol. The highest BCUT2D eigenvalue weighted by Crippen LogP contribution is 2.40. The number of nitrogens with two attached hydrogens (primary N) is 1. The molecule has 0 aliphatic carbocycles.